The first-order valence-electron chi connectivity index (χ1n) is 18.9. The molecule has 15 nitrogen and oxygen atoms in total. The molecule has 0 aliphatic carbocycles. The molecule has 1 aromatic heterocycles. The molecule has 4 aromatic rings. The van der Waals surface area contributed by atoms with Gasteiger partial charge in [0.1, 0.15) is 29.2 Å². The lowest BCUT2D eigenvalue weighted by Gasteiger charge is -2.28. The van der Waals surface area contributed by atoms with E-state index in [4.69, 9.17) is 18.6 Å². The van der Waals surface area contributed by atoms with Crippen molar-refractivity contribution in [1.82, 2.24) is 26.2 Å². The van der Waals surface area contributed by atoms with E-state index in [0.29, 0.717) is 52.4 Å². The number of aliphatic hydroxyl groups excluding tert-OH is 1. The second-order valence-corrected chi connectivity index (χ2v) is 14.4. The van der Waals surface area contributed by atoms with Crippen LogP contribution in [0.15, 0.2) is 59.0 Å². The largest absolute Gasteiger partial charge is 0.496 e. The van der Waals surface area contributed by atoms with Crippen LogP contribution in [0.1, 0.15) is 71.2 Å². The van der Waals surface area contributed by atoms with Crippen LogP contribution in [0, 0.1) is 19.8 Å². The summed E-state index contributed by atoms with van der Waals surface area (Å²) in [7, 11) is 2.95. The normalized spacial score (nSPS) is 18.4. The molecule has 0 saturated carbocycles. The summed E-state index contributed by atoms with van der Waals surface area (Å²) in [4.78, 5) is 69.7. The Morgan fingerprint density at radius 1 is 0.860 bits per heavy atom. The highest BCUT2D eigenvalue weighted by Gasteiger charge is 2.33. The zero-order valence-electron chi connectivity index (χ0n) is 33.3. The maximum Gasteiger partial charge on any atom is 0.290 e. The van der Waals surface area contributed by atoms with Crippen molar-refractivity contribution in [3.8, 4) is 23.0 Å². The second kappa shape index (κ2) is 18.7. The van der Waals surface area contributed by atoms with E-state index in [1.807, 2.05) is 25.1 Å². The molecule has 2 heterocycles. The van der Waals surface area contributed by atoms with Gasteiger partial charge in [-0.2, -0.15) is 0 Å². The average molecular weight is 786 g/mol. The van der Waals surface area contributed by atoms with E-state index in [9.17, 15) is 29.1 Å². The van der Waals surface area contributed by atoms with Crippen LogP contribution in [-0.2, 0) is 20.9 Å². The van der Waals surface area contributed by atoms with Crippen LogP contribution in [0.3, 0.4) is 0 Å². The lowest BCUT2D eigenvalue weighted by molar-refractivity contribution is -0.135. The number of carbonyl (C=O) groups excluding carboxylic acids is 5. The number of hydrogen-bond donors (Lipinski definition) is 5. The Hall–Kier alpha value is -6.09. The number of fused-ring (bicyclic) bond motifs is 4. The summed E-state index contributed by atoms with van der Waals surface area (Å²) in [6.07, 6.45) is -0.534. The third-order valence-corrected chi connectivity index (χ3v) is 9.77. The molecule has 3 aromatic carbocycles. The lowest BCUT2D eigenvalue weighted by Crippen LogP contribution is -2.59. The molecule has 5 amide bonds. The Labute approximate surface area is 331 Å². The van der Waals surface area contributed by atoms with E-state index in [1.165, 1.54) is 26.0 Å². The van der Waals surface area contributed by atoms with E-state index < -0.39 is 54.3 Å². The van der Waals surface area contributed by atoms with Crippen LogP contribution in [0.4, 0.5) is 0 Å². The number of ether oxygens (including phenoxy) is 3. The highest BCUT2D eigenvalue weighted by atomic mass is 16.5. The molecule has 1 aliphatic rings. The number of aryl methyl sites for hydroxylation is 2. The SMILES string of the molecule is COc1ccc2cc1Oc1cccc(OC)c1CNC(=O)[C@@H](C(C)C)NC(=O)[C@H]([C@@H](C)O)NC(=O)CN(C(=O)c1oc3cc(C)ccc3c1C)CCCCNC2=O. The molecule has 0 saturated heterocycles. The quantitative estimate of drug-likeness (QED) is 0.196. The van der Waals surface area contributed by atoms with Gasteiger partial charge >= 0.3 is 0 Å². The molecule has 0 spiro atoms. The molecule has 15 heteroatoms. The van der Waals surface area contributed by atoms with Crippen molar-refractivity contribution in [1.29, 1.82) is 0 Å². The molecule has 5 rings (SSSR count). The Morgan fingerprint density at radius 2 is 1.61 bits per heavy atom. The van der Waals surface area contributed by atoms with E-state index in [0.717, 1.165) is 10.9 Å². The van der Waals surface area contributed by atoms with Crippen molar-refractivity contribution in [2.45, 2.75) is 72.2 Å². The number of furan rings is 1. The summed E-state index contributed by atoms with van der Waals surface area (Å²) in [6.45, 7) is 8.30. The molecule has 57 heavy (non-hydrogen) atoms. The van der Waals surface area contributed by atoms with E-state index in [2.05, 4.69) is 21.3 Å². The summed E-state index contributed by atoms with van der Waals surface area (Å²) < 4.78 is 23.4. The molecule has 3 atom stereocenters. The fourth-order valence-electron chi connectivity index (χ4n) is 6.55. The van der Waals surface area contributed by atoms with Crippen molar-refractivity contribution in [2.24, 2.45) is 5.92 Å². The lowest BCUT2D eigenvalue weighted by atomic mass is 10.0. The maximum atomic E-state index is 14.0. The van der Waals surface area contributed by atoms with Gasteiger partial charge in [-0.3, -0.25) is 24.0 Å². The van der Waals surface area contributed by atoms with Crippen LogP contribution in [0.25, 0.3) is 11.0 Å². The maximum absolute atomic E-state index is 14.0. The van der Waals surface area contributed by atoms with E-state index in [-0.39, 0.29) is 37.1 Å². The molecule has 0 radical (unpaired) electrons. The van der Waals surface area contributed by atoms with Gasteiger partial charge < -0.3 is 49.9 Å². The van der Waals surface area contributed by atoms with Crippen LogP contribution in [0.5, 0.6) is 23.0 Å². The summed E-state index contributed by atoms with van der Waals surface area (Å²) in [5, 5.41) is 22.4. The number of carbonyl (C=O) groups is 5. The molecule has 1 aliphatic heterocycles. The molecule has 0 unspecified atom stereocenters. The minimum Gasteiger partial charge on any atom is -0.496 e. The highest BCUT2D eigenvalue weighted by molar-refractivity contribution is 6.01. The smallest absolute Gasteiger partial charge is 0.290 e. The zero-order valence-corrected chi connectivity index (χ0v) is 33.3. The molecular weight excluding hydrogens is 734 g/mol. The minimum absolute atomic E-state index is 0.0713. The molecule has 0 fully saturated rings. The van der Waals surface area contributed by atoms with Gasteiger partial charge in [0.05, 0.1) is 39.0 Å². The standard InChI is InChI=1S/C42H51N5O10/c1-23(2)36-40(51)44-21-29-30(54-6)11-10-12-31(29)56-34-20-27(14-16-32(34)55-7)39(50)43-17-8-9-18-47(22-35(49)45-37(26(5)48)41(52)46-36)42(53)38-25(4)28-15-13-24(3)19-33(28)57-38/h10-16,19-20,23,26,36-37,48H,8-9,17-18,21-22H2,1-7H3,(H,43,50)(H,44,51)(H,45,49)(H,46,52)/t26-,36-,37+/m1/s1. The first kappa shape index (κ1) is 42.1. The topological polar surface area (TPSA) is 198 Å². The summed E-state index contributed by atoms with van der Waals surface area (Å²) in [6, 6.07) is 12.9. The van der Waals surface area contributed by atoms with Gasteiger partial charge in [-0.15, -0.1) is 0 Å². The number of rotatable bonds is 5. The van der Waals surface area contributed by atoms with Gasteiger partial charge in [0.2, 0.25) is 17.7 Å². The Bertz CT molecular complexity index is 2130. The van der Waals surface area contributed by atoms with Gasteiger partial charge in [0.25, 0.3) is 11.8 Å². The van der Waals surface area contributed by atoms with Crippen molar-refractivity contribution in [3.05, 3.63) is 82.6 Å². The third kappa shape index (κ3) is 10.0. The number of amides is 5. The van der Waals surface area contributed by atoms with E-state index >= 15 is 0 Å². The molecule has 304 valence electrons. The van der Waals surface area contributed by atoms with Crippen LogP contribution in [-0.4, -0.2) is 91.6 Å². The van der Waals surface area contributed by atoms with E-state index in [1.54, 1.807) is 57.2 Å². The summed E-state index contributed by atoms with van der Waals surface area (Å²) in [5.41, 5.74) is 2.86. The van der Waals surface area contributed by atoms with Gasteiger partial charge in [0.15, 0.2) is 17.3 Å². The number of benzene rings is 3. The number of methoxy groups -OCH3 is 2. The van der Waals surface area contributed by atoms with Gasteiger partial charge in [-0.05, 0) is 81.5 Å². The number of nitrogens with zero attached hydrogens (tertiary/aromatic N) is 1. The fourth-order valence-corrected chi connectivity index (χ4v) is 6.55. The Morgan fingerprint density at radius 3 is 2.32 bits per heavy atom. The van der Waals surface area contributed by atoms with Crippen molar-refractivity contribution in [2.75, 3.05) is 33.9 Å². The highest BCUT2D eigenvalue weighted by Crippen LogP contribution is 2.37. The number of nitrogens with one attached hydrogen (secondary N) is 4. The predicted molar refractivity (Wildman–Crippen MR) is 211 cm³/mol. The van der Waals surface area contributed by atoms with Crippen LogP contribution >= 0.6 is 0 Å². The minimum atomic E-state index is -1.46. The predicted octanol–water partition coefficient (Wildman–Crippen LogP) is 4.15. The van der Waals surface area contributed by atoms with Crippen molar-refractivity contribution < 1.29 is 47.7 Å². The average Bonchev–Trinajstić information content (AvgIpc) is 3.51. The number of aliphatic hydroxyl groups is 1. The molecule has 2 bridgehead atoms. The molecular formula is C42H51N5O10. The molecule has 5 N–H and O–H groups in total. The second-order valence-electron chi connectivity index (χ2n) is 14.4. The first-order valence-corrected chi connectivity index (χ1v) is 18.9. The van der Waals surface area contributed by atoms with Crippen molar-refractivity contribution >= 4 is 40.5 Å². The Balaban J connectivity index is 1.48. The monoisotopic (exact) mass is 785 g/mol. The summed E-state index contributed by atoms with van der Waals surface area (Å²) in [5.74, 6) is -1.99. The number of hydrogen-bond acceptors (Lipinski definition) is 10. The first-order chi connectivity index (χ1) is 27.2. The van der Waals surface area contributed by atoms with Gasteiger partial charge in [0, 0.05) is 29.6 Å². The van der Waals surface area contributed by atoms with Gasteiger partial charge in [-0.1, -0.05) is 32.0 Å². The van der Waals surface area contributed by atoms with Crippen molar-refractivity contribution in [3.63, 3.8) is 0 Å². The Kier molecular flexibility index (Phi) is 13.8. The third-order valence-electron chi connectivity index (χ3n) is 9.77. The zero-order chi connectivity index (χ0) is 41.4. The van der Waals surface area contributed by atoms with Gasteiger partial charge in [-0.25, -0.2) is 0 Å². The van der Waals surface area contributed by atoms with Crippen LogP contribution < -0.4 is 35.5 Å². The fraction of sp³-hybridized carbons (Fsp3) is 0.405. The van der Waals surface area contributed by atoms with Crippen LogP contribution in [0.2, 0.25) is 0 Å². The summed E-state index contributed by atoms with van der Waals surface area (Å²) >= 11 is 0.